The highest BCUT2D eigenvalue weighted by Gasteiger charge is 2.17. The molecule has 0 radical (unpaired) electrons. The van der Waals surface area contributed by atoms with Gasteiger partial charge in [0.05, 0.1) is 36.1 Å². The van der Waals surface area contributed by atoms with E-state index < -0.39 is 0 Å². The maximum Gasteiger partial charge on any atom is 0.225 e. The van der Waals surface area contributed by atoms with Gasteiger partial charge >= 0.3 is 0 Å². The van der Waals surface area contributed by atoms with Gasteiger partial charge in [-0.05, 0) is 19.1 Å². The van der Waals surface area contributed by atoms with Crippen molar-refractivity contribution in [3.63, 3.8) is 0 Å². The van der Waals surface area contributed by atoms with Crippen LogP contribution in [0.5, 0.6) is 0 Å². The van der Waals surface area contributed by atoms with Crippen molar-refractivity contribution in [2.45, 2.75) is 26.9 Å². The van der Waals surface area contributed by atoms with Gasteiger partial charge < -0.3 is 10.3 Å². The second kappa shape index (κ2) is 8.69. The Balaban J connectivity index is 1.53. The Hall–Kier alpha value is -3.81. The van der Waals surface area contributed by atoms with Crippen LogP contribution in [0, 0.1) is 12.8 Å². The normalized spacial score (nSPS) is 11.9. The standard InChI is InChI=1S/C22H23N7O/c1-15-6-8-17(9-7-15)20-21(18-5-3-4-10-24-18)28-19(27-20)11-25-22(30)16(2)12-29-14-23-13-26-29/h3-10,13-14,16H,11-12H2,1-2H3,(H,25,30)(H,27,28). The minimum absolute atomic E-state index is 0.0711. The fourth-order valence-corrected chi connectivity index (χ4v) is 3.16. The van der Waals surface area contributed by atoms with Crippen LogP contribution in [0.3, 0.4) is 0 Å². The van der Waals surface area contributed by atoms with Crippen LogP contribution in [0.1, 0.15) is 18.3 Å². The number of H-pyrrole nitrogens is 1. The molecule has 0 saturated carbocycles. The van der Waals surface area contributed by atoms with Gasteiger partial charge in [0.1, 0.15) is 18.5 Å². The maximum atomic E-state index is 12.5. The molecule has 0 fully saturated rings. The first-order valence-electron chi connectivity index (χ1n) is 9.77. The molecule has 4 rings (SSSR count). The van der Waals surface area contributed by atoms with E-state index in [9.17, 15) is 4.79 Å². The third-order valence-corrected chi connectivity index (χ3v) is 4.80. The predicted octanol–water partition coefficient (Wildman–Crippen LogP) is 2.99. The summed E-state index contributed by atoms with van der Waals surface area (Å²) in [6, 6.07) is 14.0. The van der Waals surface area contributed by atoms with Crippen LogP contribution in [-0.2, 0) is 17.9 Å². The number of hydrogen-bond donors (Lipinski definition) is 2. The first kappa shape index (κ1) is 19.5. The van der Waals surface area contributed by atoms with Crippen LogP contribution in [-0.4, -0.2) is 35.6 Å². The van der Waals surface area contributed by atoms with E-state index in [4.69, 9.17) is 4.98 Å². The molecule has 3 aromatic heterocycles. The van der Waals surface area contributed by atoms with Crippen molar-refractivity contribution in [3.05, 3.63) is 72.7 Å². The molecule has 8 nitrogen and oxygen atoms in total. The molecular weight excluding hydrogens is 378 g/mol. The number of aromatic amines is 1. The Morgan fingerprint density at radius 1 is 1.20 bits per heavy atom. The number of carbonyl (C=O) groups excluding carboxylic acids is 1. The minimum Gasteiger partial charge on any atom is -0.349 e. The Kier molecular flexibility index (Phi) is 5.65. The summed E-state index contributed by atoms with van der Waals surface area (Å²) in [7, 11) is 0. The fraction of sp³-hybridized carbons (Fsp3) is 0.227. The lowest BCUT2D eigenvalue weighted by molar-refractivity contribution is -0.125. The number of aryl methyl sites for hydroxylation is 1. The van der Waals surface area contributed by atoms with Gasteiger partial charge in [-0.15, -0.1) is 0 Å². The van der Waals surface area contributed by atoms with Gasteiger partial charge in [0.25, 0.3) is 0 Å². The van der Waals surface area contributed by atoms with Crippen LogP contribution in [0.2, 0.25) is 0 Å². The van der Waals surface area contributed by atoms with E-state index >= 15 is 0 Å². The van der Waals surface area contributed by atoms with Crippen LogP contribution >= 0.6 is 0 Å². The van der Waals surface area contributed by atoms with Gasteiger partial charge in [-0.2, -0.15) is 5.10 Å². The summed E-state index contributed by atoms with van der Waals surface area (Å²) in [5.74, 6) is 0.360. The van der Waals surface area contributed by atoms with Gasteiger partial charge in [0.15, 0.2) is 0 Å². The molecule has 2 N–H and O–H groups in total. The molecule has 0 spiro atoms. The van der Waals surface area contributed by atoms with E-state index in [1.165, 1.54) is 11.9 Å². The molecular formula is C22H23N7O. The van der Waals surface area contributed by atoms with Crippen molar-refractivity contribution in [2.24, 2.45) is 5.92 Å². The van der Waals surface area contributed by atoms with Gasteiger partial charge in [-0.3, -0.25) is 14.5 Å². The summed E-state index contributed by atoms with van der Waals surface area (Å²) in [6.07, 6.45) is 4.81. The van der Waals surface area contributed by atoms with E-state index in [0.717, 1.165) is 22.6 Å². The topological polar surface area (TPSA) is 101 Å². The number of imidazole rings is 1. The van der Waals surface area contributed by atoms with Crippen LogP contribution in [0.15, 0.2) is 61.3 Å². The lowest BCUT2D eigenvalue weighted by Crippen LogP contribution is -2.31. The number of hydrogen-bond acceptors (Lipinski definition) is 5. The molecule has 3 heterocycles. The van der Waals surface area contributed by atoms with Crippen molar-refractivity contribution in [3.8, 4) is 22.6 Å². The molecule has 4 aromatic rings. The number of aromatic nitrogens is 6. The number of nitrogens with zero attached hydrogens (tertiary/aromatic N) is 5. The SMILES string of the molecule is Cc1ccc(-c2nc(CNC(=O)C(C)Cn3cncn3)[nH]c2-c2ccccn2)cc1. The summed E-state index contributed by atoms with van der Waals surface area (Å²) in [5, 5.41) is 6.99. The third kappa shape index (κ3) is 4.43. The summed E-state index contributed by atoms with van der Waals surface area (Å²) in [6.45, 7) is 4.68. The number of benzene rings is 1. The smallest absolute Gasteiger partial charge is 0.225 e. The number of amides is 1. The van der Waals surface area contributed by atoms with Gasteiger partial charge in [0, 0.05) is 11.8 Å². The van der Waals surface area contributed by atoms with Gasteiger partial charge in [-0.25, -0.2) is 9.97 Å². The molecule has 0 aliphatic rings. The molecule has 0 saturated heterocycles. The second-order valence-corrected chi connectivity index (χ2v) is 7.22. The number of rotatable bonds is 7. The molecule has 0 bridgehead atoms. The number of pyridine rings is 1. The van der Waals surface area contributed by atoms with E-state index in [0.29, 0.717) is 18.9 Å². The van der Waals surface area contributed by atoms with Crippen LogP contribution < -0.4 is 5.32 Å². The van der Waals surface area contributed by atoms with Crippen molar-refractivity contribution in [1.82, 2.24) is 35.0 Å². The summed E-state index contributed by atoms with van der Waals surface area (Å²) >= 11 is 0. The largest absolute Gasteiger partial charge is 0.349 e. The fourth-order valence-electron chi connectivity index (χ4n) is 3.16. The second-order valence-electron chi connectivity index (χ2n) is 7.22. The predicted molar refractivity (Wildman–Crippen MR) is 113 cm³/mol. The highest BCUT2D eigenvalue weighted by atomic mass is 16.1. The van der Waals surface area contributed by atoms with E-state index in [1.807, 2.05) is 37.3 Å². The van der Waals surface area contributed by atoms with E-state index in [2.05, 4.69) is 44.4 Å². The summed E-state index contributed by atoms with van der Waals surface area (Å²) in [4.78, 5) is 28.9. The lowest BCUT2D eigenvalue weighted by atomic mass is 10.1. The highest BCUT2D eigenvalue weighted by molar-refractivity contribution is 5.79. The Morgan fingerprint density at radius 2 is 2.03 bits per heavy atom. The lowest BCUT2D eigenvalue weighted by Gasteiger charge is -2.11. The highest BCUT2D eigenvalue weighted by Crippen LogP contribution is 2.29. The van der Waals surface area contributed by atoms with Crippen molar-refractivity contribution in [1.29, 1.82) is 0 Å². The molecule has 1 amide bonds. The first-order chi connectivity index (χ1) is 14.6. The zero-order valence-corrected chi connectivity index (χ0v) is 16.9. The molecule has 30 heavy (non-hydrogen) atoms. The maximum absolute atomic E-state index is 12.5. The van der Waals surface area contributed by atoms with Gasteiger partial charge in [0.2, 0.25) is 5.91 Å². The number of carbonyl (C=O) groups is 1. The molecule has 152 valence electrons. The van der Waals surface area contributed by atoms with Crippen LogP contribution in [0.25, 0.3) is 22.6 Å². The van der Waals surface area contributed by atoms with Crippen LogP contribution in [0.4, 0.5) is 0 Å². The molecule has 1 unspecified atom stereocenters. The molecule has 0 aliphatic heterocycles. The van der Waals surface area contributed by atoms with Crippen molar-refractivity contribution < 1.29 is 4.79 Å². The molecule has 1 atom stereocenters. The molecule has 8 heteroatoms. The quantitative estimate of drug-likeness (QED) is 0.496. The summed E-state index contributed by atoms with van der Waals surface area (Å²) in [5.41, 5.74) is 4.63. The van der Waals surface area contributed by atoms with Crippen molar-refractivity contribution in [2.75, 3.05) is 0 Å². The van der Waals surface area contributed by atoms with E-state index in [1.54, 1.807) is 17.2 Å². The molecule has 1 aromatic carbocycles. The van der Waals surface area contributed by atoms with Gasteiger partial charge in [-0.1, -0.05) is 42.8 Å². The zero-order chi connectivity index (χ0) is 20.9. The monoisotopic (exact) mass is 401 g/mol. The van der Waals surface area contributed by atoms with E-state index in [-0.39, 0.29) is 11.8 Å². The minimum atomic E-state index is -0.242. The average Bonchev–Trinajstić information content (AvgIpc) is 3.43. The average molecular weight is 401 g/mol. The van der Waals surface area contributed by atoms with Crippen molar-refractivity contribution >= 4 is 5.91 Å². The molecule has 0 aliphatic carbocycles. The Morgan fingerprint density at radius 3 is 2.73 bits per heavy atom. The summed E-state index contributed by atoms with van der Waals surface area (Å²) < 4.78 is 1.64. The Bertz CT molecular complexity index is 1100. The zero-order valence-electron chi connectivity index (χ0n) is 16.9. The third-order valence-electron chi connectivity index (χ3n) is 4.80. The Labute approximate surface area is 174 Å². The number of nitrogens with one attached hydrogen (secondary N) is 2. The first-order valence-corrected chi connectivity index (χ1v) is 9.77.